The van der Waals surface area contributed by atoms with E-state index in [-0.39, 0.29) is 11.9 Å². The zero-order valence-electron chi connectivity index (χ0n) is 17.1. The van der Waals surface area contributed by atoms with E-state index in [1.54, 1.807) is 12.2 Å². The largest absolute Gasteiger partial charge is 0.462 e. The third-order valence-electron chi connectivity index (χ3n) is 5.31. The van der Waals surface area contributed by atoms with Gasteiger partial charge in [-0.2, -0.15) is 0 Å². The summed E-state index contributed by atoms with van der Waals surface area (Å²) in [5, 5.41) is 0. The van der Waals surface area contributed by atoms with Crippen LogP contribution in [0.2, 0.25) is 0 Å². The lowest BCUT2D eigenvalue weighted by molar-refractivity contribution is -0.141. The maximum Gasteiger partial charge on any atom is 0.330 e. The minimum absolute atomic E-state index is 0.305. The van der Waals surface area contributed by atoms with Crippen LogP contribution < -0.4 is 0 Å². The average molecular weight is 405 g/mol. The van der Waals surface area contributed by atoms with E-state index in [2.05, 4.69) is 0 Å². The molecule has 0 amide bonds. The maximum absolute atomic E-state index is 11.9. The molecule has 0 N–H and O–H groups in total. The van der Waals surface area contributed by atoms with E-state index < -0.39 is 0 Å². The first-order chi connectivity index (χ1) is 14.7. The van der Waals surface area contributed by atoms with Gasteiger partial charge in [0.05, 0.1) is 13.2 Å². The summed E-state index contributed by atoms with van der Waals surface area (Å²) in [7, 11) is 0. The van der Waals surface area contributed by atoms with Crippen LogP contribution in [-0.2, 0) is 19.1 Å². The van der Waals surface area contributed by atoms with Crippen molar-refractivity contribution in [3.63, 3.8) is 0 Å². The number of esters is 2. The summed E-state index contributed by atoms with van der Waals surface area (Å²) in [5.41, 5.74) is 1.95. The van der Waals surface area contributed by atoms with Crippen molar-refractivity contribution < 1.29 is 19.1 Å². The first kappa shape index (κ1) is 21.6. The summed E-state index contributed by atoms with van der Waals surface area (Å²) in [5.74, 6) is 0.147. The molecule has 0 saturated heterocycles. The summed E-state index contributed by atoms with van der Waals surface area (Å²) in [6, 6.07) is 19.4. The van der Waals surface area contributed by atoms with E-state index in [4.69, 9.17) is 9.47 Å². The van der Waals surface area contributed by atoms with Crippen LogP contribution in [0.5, 0.6) is 0 Å². The summed E-state index contributed by atoms with van der Waals surface area (Å²) in [4.78, 5) is 23.8. The van der Waals surface area contributed by atoms with Crippen molar-refractivity contribution in [3.05, 3.63) is 83.9 Å². The Labute approximate surface area is 178 Å². The molecule has 156 valence electrons. The van der Waals surface area contributed by atoms with Gasteiger partial charge < -0.3 is 9.47 Å². The topological polar surface area (TPSA) is 52.6 Å². The van der Waals surface area contributed by atoms with E-state index in [0.717, 1.165) is 36.8 Å². The highest BCUT2D eigenvalue weighted by atomic mass is 16.5. The van der Waals surface area contributed by atoms with Gasteiger partial charge in [-0.1, -0.05) is 60.7 Å². The predicted octanol–water partition coefficient (Wildman–Crippen LogP) is 5.31. The van der Waals surface area contributed by atoms with Gasteiger partial charge in [-0.3, -0.25) is 0 Å². The standard InChI is InChI=1S/C26H28O4/c27-25(17-15-21-7-3-1-4-8-21)29-19-23-11-13-24(14-12-23)20-30-26(28)18-16-22-9-5-2-6-10-22/h1-10,15-18,23-24H,11-14,19-20H2. The Hall–Kier alpha value is -3.14. The van der Waals surface area contributed by atoms with Crippen LogP contribution >= 0.6 is 0 Å². The van der Waals surface area contributed by atoms with Gasteiger partial charge in [0.25, 0.3) is 0 Å². The van der Waals surface area contributed by atoms with Crippen LogP contribution in [0, 0.1) is 11.8 Å². The van der Waals surface area contributed by atoms with Crippen LogP contribution in [0.1, 0.15) is 36.8 Å². The molecule has 0 radical (unpaired) electrons. The number of rotatable bonds is 8. The predicted molar refractivity (Wildman–Crippen MR) is 118 cm³/mol. The third-order valence-corrected chi connectivity index (χ3v) is 5.31. The van der Waals surface area contributed by atoms with Crippen LogP contribution in [-0.4, -0.2) is 25.2 Å². The number of hydrogen-bond donors (Lipinski definition) is 0. The highest BCUT2D eigenvalue weighted by Gasteiger charge is 2.23. The van der Waals surface area contributed by atoms with E-state index >= 15 is 0 Å². The van der Waals surface area contributed by atoms with Gasteiger partial charge in [0.15, 0.2) is 0 Å². The number of hydrogen-bond acceptors (Lipinski definition) is 4. The lowest BCUT2D eigenvalue weighted by atomic mass is 9.83. The number of benzene rings is 2. The van der Waals surface area contributed by atoms with Crippen LogP contribution in [0.3, 0.4) is 0 Å². The van der Waals surface area contributed by atoms with Crippen molar-refractivity contribution in [1.82, 2.24) is 0 Å². The van der Waals surface area contributed by atoms with Gasteiger partial charge in [0.2, 0.25) is 0 Å². The van der Waals surface area contributed by atoms with Crippen molar-refractivity contribution in [1.29, 1.82) is 0 Å². The van der Waals surface area contributed by atoms with Gasteiger partial charge in [-0.15, -0.1) is 0 Å². The molecular formula is C26H28O4. The molecule has 1 saturated carbocycles. The van der Waals surface area contributed by atoms with Crippen molar-refractivity contribution in [2.75, 3.05) is 13.2 Å². The number of ether oxygens (including phenoxy) is 2. The Balaban J connectivity index is 1.30. The highest BCUT2D eigenvalue weighted by Crippen LogP contribution is 2.29. The molecule has 2 aromatic carbocycles. The lowest BCUT2D eigenvalue weighted by Gasteiger charge is -2.27. The molecular weight excluding hydrogens is 376 g/mol. The summed E-state index contributed by atoms with van der Waals surface area (Å²) in [6.07, 6.45) is 10.4. The molecule has 4 nitrogen and oxygen atoms in total. The van der Waals surface area contributed by atoms with Gasteiger partial charge in [-0.25, -0.2) is 9.59 Å². The summed E-state index contributed by atoms with van der Waals surface area (Å²) < 4.78 is 10.8. The van der Waals surface area contributed by atoms with Gasteiger partial charge in [0.1, 0.15) is 0 Å². The molecule has 1 fully saturated rings. The van der Waals surface area contributed by atoms with E-state index in [1.807, 2.05) is 60.7 Å². The van der Waals surface area contributed by atoms with Crippen LogP contribution in [0.25, 0.3) is 12.2 Å². The van der Waals surface area contributed by atoms with Gasteiger partial charge in [0, 0.05) is 12.2 Å². The lowest BCUT2D eigenvalue weighted by Crippen LogP contribution is -2.23. The Morgan fingerprint density at radius 3 is 1.40 bits per heavy atom. The molecule has 3 rings (SSSR count). The first-order valence-electron chi connectivity index (χ1n) is 10.5. The van der Waals surface area contributed by atoms with E-state index in [0.29, 0.717) is 25.0 Å². The second-order valence-electron chi connectivity index (χ2n) is 7.63. The second kappa shape index (κ2) is 11.8. The Kier molecular flexibility index (Phi) is 8.46. The third kappa shape index (κ3) is 7.70. The monoisotopic (exact) mass is 404 g/mol. The number of carbonyl (C=O) groups excluding carboxylic acids is 2. The fraction of sp³-hybridized carbons (Fsp3) is 0.308. The molecule has 4 heteroatoms. The van der Waals surface area contributed by atoms with Gasteiger partial charge >= 0.3 is 11.9 Å². The normalized spacial score (nSPS) is 19.1. The van der Waals surface area contributed by atoms with Crippen molar-refractivity contribution in [3.8, 4) is 0 Å². The van der Waals surface area contributed by atoms with Crippen LogP contribution in [0.4, 0.5) is 0 Å². The fourth-order valence-corrected chi connectivity index (χ4v) is 3.52. The molecule has 0 aliphatic heterocycles. The Morgan fingerprint density at radius 1 is 0.667 bits per heavy atom. The number of carbonyl (C=O) groups is 2. The quantitative estimate of drug-likeness (QED) is 0.442. The average Bonchev–Trinajstić information content (AvgIpc) is 2.80. The molecule has 2 aromatic rings. The van der Waals surface area contributed by atoms with Gasteiger partial charge in [-0.05, 0) is 60.8 Å². The highest BCUT2D eigenvalue weighted by molar-refractivity contribution is 5.87. The first-order valence-corrected chi connectivity index (χ1v) is 10.5. The van der Waals surface area contributed by atoms with E-state index in [9.17, 15) is 9.59 Å². The molecule has 30 heavy (non-hydrogen) atoms. The molecule has 0 heterocycles. The molecule has 0 unspecified atom stereocenters. The van der Waals surface area contributed by atoms with Crippen molar-refractivity contribution in [2.24, 2.45) is 11.8 Å². The zero-order valence-corrected chi connectivity index (χ0v) is 17.1. The minimum atomic E-state index is -0.305. The fourth-order valence-electron chi connectivity index (χ4n) is 3.52. The summed E-state index contributed by atoms with van der Waals surface area (Å²) >= 11 is 0. The minimum Gasteiger partial charge on any atom is -0.462 e. The Bertz CT molecular complexity index is 774. The smallest absolute Gasteiger partial charge is 0.330 e. The van der Waals surface area contributed by atoms with E-state index in [1.165, 1.54) is 12.2 Å². The second-order valence-corrected chi connectivity index (χ2v) is 7.63. The Morgan fingerprint density at radius 2 is 1.03 bits per heavy atom. The molecule has 1 aliphatic carbocycles. The zero-order chi connectivity index (χ0) is 21.0. The molecule has 0 bridgehead atoms. The van der Waals surface area contributed by atoms with Crippen molar-refractivity contribution >= 4 is 24.1 Å². The molecule has 0 aromatic heterocycles. The maximum atomic E-state index is 11.9. The molecule has 1 aliphatic rings. The molecule has 0 atom stereocenters. The summed E-state index contributed by atoms with van der Waals surface area (Å²) in [6.45, 7) is 0.897. The van der Waals surface area contributed by atoms with Crippen molar-refractivity contribution in [2.45, 2.75) is 25.7 Å². The molecule has 0 spiro atoms. The van der Waals surface area contributed by atoms with Crippen LogP contribution in [0.15, 0.2) is 72.8 Å². The SMILES string of the molecule is O=C(C=Cc1ccccc1)OCC1CCC(COC(=O)C=Cc2ccccc2)CC1.